The van der Waals surface area contributed by atoms with E-state index in [0.717, 1.165) is 13.2 Å². The van der Waals surface area contributed by atoms with Gasteiger partial charge < -0.3 is 10.5 Å². The van der Waals surface area contributed by atoms with E-state index in [1.807, 2.05) is 0 Å². The van der Waals surface area contributed by atoms with E-state index in [1.54, 1.807) is 7.11 Å². The van der Waals surface area contributed by atoms with E-state index in [-0.39, 0.29) is 0 Å². The minimum atomic E-state index is 0.692. The van der Waals surface area contributed by atoms with Gasteiger partial charge in [0.25, 0.3) is 0 Å². The van der Waals surface area contributed by atoms with E-state index in [0.29, 0.717) is 5.92 Å². The molecule has 0 amide bonds. The Morgan fingerprint density at radius 3 is 2.55 bits per heavy atom. The third kappa shape index (κ3) is 7.82. The smallest absolute Gasteiger partial charge is 0.0462 e. The molecule has 2 heteroatoms. The van der Waals surface area contributed by atoms with Crippen molar-refractivity contribution >= 4 is 0 Å². The molecule has 0 radical (unpaired) electrons. The van der Waals surface area contributed by atoms with Gasteiger partial charge in [-0.2, -0.15) is 0 Å². The summed E-state index contributed by atoms with van der Waals surface area (Å²) in [5.74, 6) is 0.692. The first-order chi connectivity index (χ1) is 5.31. The van der Waals surface area contributed by atoms with Gasteiger partial charge in [-0.3, -0.25) is 0 Å². The Bertz CT molecular complexity index is 76.0. The molecular formula is C9H21NO. The molecule has 0 bridgehead atoms. The highest BCUT2D eigenvalue weighted by Gasteiger charge is 1.97. The monoisotopic (exact) mass is 159 g/mol. The quantitative estimate of drug-likeness (QED) is 0.575. The SMILES string of the molecule is COCCCCCC(C)CN. The summed E-state index contributed by atoms with van der Waals surface area (Å²) in [7, 11) is 1.75. The lowest BCUT2D eigenvalue weighted by Crippen LogP contribution is -2.10. The fraction of sp³-hybridized carbons (Fsp3) is 1.00. The number of hydrogen-bond acceptors (Lipinski definition) is 2. The lowest BCUT2D eigenvalue weighted by atomic mass is 10.0. The Hall–Kier alpha value is -0.0800. The van der Waals surface area contributed by atoms with Gasteiger partial charge in [0.1, 0.15) is 0 Å². The summed E-state index contributed by atoms with van der Waals surface area (Å²) in [5, 5.41) is 0. The largest absolute Gasteiger partial charge is 0.385 e. The summed E-state index contributed by atoms with van der Waals surface area (Å²) in [4.78, 5) is 0. The fourth-order valence-corrected chi connectivity index (χ4v) is 1.03. The summed E-state index contributed by atoms with van der Waals surface area (Å²) >= 11 is 0. The summed E-state index contributed by atoms with van der Waals surface area (Å²) in [6.45, 7) is 3.93. The number of rotatable bonds is 7. The van der Waals surface area contributed by atoms with E-state index in [4.69, 9.17) is 10.5 Å². The molecule has 0 aliphatic rings. The first-order valence-corrected chi connectivity index (χ1v) is 4.50. The van der Waals surface area contributed by atoms with Crippen molar-refractivity contribution in [3.8, 4) is 0 Å². The molecule has 0 aliphatic carbocycles. The van der Waals surface area contributed by atoms with Gasteiger partial charge in [-0.05, 0) is 25.3 Å². The molecule has 0 aromatic heterocycles. The van der Waals surface area contributed by atoms with Gasteiger partial charge in [0.05, 0.1) is 0 Å². The van der Waals surface area contributed by atoms with Crippen LogP contribution in [0.5, 0.6) is 0 Å². The first kappa shape index (κ1) is 10.9. The van der Waals surface area contributed by atoms with Crippen LogP contribution in [0.3, 0.4) is 0 Å². The fourth-order valence-electron chi connectivity index (χ4n) is 1.03. The molecule has 0 aromatic carbocycles. The molecule has 0 saturated heterocycles. The number of unbranched alkanes of at least 4 members (excludes halogenated alkanes) is 2. The summed E-state index contributed by atoms with van der Waals surface area (Å²) in [6.07, 6.45) is 5.02. The van der Waals surface area contributed by atoms with Crippen LogP contribution in [0.15, 0.2) is 0 Å². The topological polar surface area (TPSA) is 35.2 Å². The molecule has 0 aromatic rings. The van der Waals surface area contributed by atoms with Gasteiger partial charge in [-0.25, -0.2) is 0 Å². The number of ether oxygens (including phenoxy) is 1. The number of methoxy groups -OCH3 is 1. The van der Waals surface area contributed by atoms with Crippen LogP contribution in [0, 0.1) is 5.92 Å². The maximum Gasteiger partial charge on any atom is 0.0462 e. The van der Waals surface area contributed by atoms with E-state index in [2.05, 4.69) is 6.92 Å². The molecule has 2 N–H and O–H groups in total. The van der Waals surface area contributed by atoms with Crippen molar-refractivity contribution in [1.82, 2.24) is 0 Å². The molecule has 0 rings (SSSR count). The number of hydrogen-bond donors (Lipinski definition) is 1. The van der Waals surface area contributed by atoms with Crippen molar-refractivity contribution in [2.24, 2.45) is 11.7 Å². The molecular weight excluding hydrogens is 138 g/mol. The van der Waals surface area contributed by atoms with Crippen molar-refractivity contribution < 1.29 is 4.74 Å². The minimum absolute atomic E-state index is 0.692. The second-order valence-electron chi connectivity index (χ2n) is 3.18. The average molecular weight is 159 g/mol. The van der Waals surface area contributed by atoms with Crippen LogP contribution in [-0.4, -0.2) is 20.3 Å². The van der Waals surface area contributed by atoms with Crippen molar-refractivity contribution in [1.29, 1.82) is 0 Å². The molecule has 0 heterocycles. The predicted octanol–water partition coefficient (Wildman–Crippen LogP) is 1.79. The molecule has 0 aliphatic heterocycles. The van der Waals surface area contributed by atoms with Crippen molar-refractivity contribution in [2.75, 3.05) is 20.3 Å². The van der Waals surface area contributed by atoms with Crippen LogP contribution in [-0.2, 0) is 4.74 Å². The second-order valence-corrected chi connectivity index (χ2v) is 3.18. The van der Waals surface area contributed by atoms with Gasteiger partial charge >= 0.3 is 0 Å². The lowest BCUT2D eigenvalue weighted by molar-refractivity contribution is 0.191. The minimum Gasteiger partial charge on any atom is -0.385 e. The Morgan fingerprint density at radius 1 is 1.27 bits per heavy atom. The normalized spacial score (nSPS) is 13.4. The van der Waals surface area contributed by atoms with Crippen molar-refractivity contribution in [3.05, 3.63) is 0 Å². The van der Waals surface area contributed by atoms with Crippen molar-refractivity contribution in [2.45, 2.75) is 32.6 Å². The van der Waals surface area contributed by atoms with Gasteiger partial charge in [0.2, 0.25) is 0 Å². The van der Waals surface area contributed by atoms with Crippen LogP contribution in [0.1, 0.15) is 32.6 Å². The van der Waals surface area contributed by atoms with Crippen LogP contribution < -0.4 is 5.73 Å². The van der Waals surface area contributed by atoms with Crippen molar-refractivity contribution in [3.63, 3.8) is 0 Å². The first-order valence-electron chi connectivity index (χ1n) is 4.50. The lowest BCUT2D eigenvalue weighted by Gasteiger charge is -2.06. The number of nitrogens with two attached hydrogens (primary N) is 1. The maximum absolute atomic E-state index is 5.49. The highest BCUT2D eigenvalue weighted by atomic mass is 16.5. The van der Waals surface area contributed by atoms with E-state index >= 15 is 0 Å². The summed E-state index contributed by atoms with van der Waals surface area (Å²) in [6, 6.07) is 0. The van der Waals surface area contributed by atoms with E-state index < -0.39 is 0 Å². The molecule has 68 valence electrons. The summed E-state index contributed by atoms with van der Waals surface area (Å²) in [5.41, 5.74) is 5.49. The second kappa shape index (κ2) is 8.02. The van der Waals surface area contributed by atoms with Crippen LogP contribution in [0.2, 0.25) is 0 Å². The van der Waals surface area contributed by atoms with E-state index in [1.165, 1.54) is 25.7 Å². The third-order valence-electron chi connectivity index (χ3n) is 1.95. The van der Waals surface area contributed by atoms with Gasteiger partial charge in [0, 0.05) is 13.7 Å². The Morgan fingerprint density at radius 2 is 2.00 bits per heavy atom. The van der Waals surface area contributed by atoms with E-state index in [9.17, 15) is 0 Å². The Balaban J connectivity index is 2.89. The van der Waals surface area contributed by atoms with Crippen LogP contribution in [0.4, 0.5) is 0 Å². The highest BCUT2D eigenvalue weighted by Crippen LogP contribution is 2.07. The van der Waals surface area contributed by atoms with Gasteiger partial charge in [-0.15, -0.1) is 0 Å². The predicted molar refractivity (Wildman–Crippen MR) is 48.6 cm³/mol. The maximum atomic E-state index is 5.49. The van der Waals surface area contributed by atoms with Gasteiger partial charge in [-0.1, -0.05) is 19.8 Å². The molecule has 0 spiro atoms. The molecule has 2 nitrogen and oxygen atoms in total. The summed E-state index contributed by atoms with van der Waals surface area (Å²) < 4.78 is 4.95. The standard InChI is InChI=1S/C9H21NO/c1-9(8-10)6-4-3-5-7-11-2/h9H,3-8,10H2,1-2H3. The molecule has 0 fully saturated rings. The zero-order chi connectivity index (χ0) is 8.53. The highest BCUT2D eigenvalue weighted by molar-refractivity contribution is 4.53. The van der Waals surface area contributed by atoms with Gasteiger partial charge in [0.15, 0.2) is 0 Å². The third-order valence-corrected chi connectivity index (χ3v) is 1.95. The van der Waals surface area contributed by atoms with Crippen LogP contribution in [0.25, 0.3) is 0 Å². The molecule has 0 saturated carbocycles. The average Bonchev–Trinajstić information content (AvgIpc) is 2.04. The molecule has 1 atom stereocenters. The Kier molecular flexibility index (Phi) is 7.96. The molecule has 1 unspecified atom stereocenters. The zero-order valence-corrected chi connectivity index (χ0v) is 7.81. The zero-order valence-electron chi connectivity index (χ0n) is 7.81. The Labute approximate surface area is 70.1 Å². The van der Waals surface area contributed by atoms with Crippen LogP contribution >= 0.6 is 0 Å². The molecule has 11 heavy (non-hydrogen) atoms.